The number of hydrogen-bond donors (Lipinski definition) is 1. The Kier molecular flexibility index (Phi) is 5.41. The molecule has 1 aromatic carbocycles. The zero-order chi connectivity index (χ0) is 22.3. The molecule has 32 heavy (non-hydrogen) atoms. The lowest BCUT2D eigenvalue weighted by Crippen LogP contribution is -2.48. The molecular formula is C21H19FN4O4S2. The lowest BCUT2D eigenvalue weighted by Gasteiger charge is -2.33. The van der Waals surface area contributed by atoms with Crippen molar-refractivity contribution in [2.45, 2.75) is 11.4 Å². The first-order chi connectivity index (χ1) is 15.4. The van der Waals surface area contributed by atoms with Crippen molar-refractivity contribution in [2.24, 2.45) is 0 Å². The molecule has 0 bridgehead atoms. The van der Waals surface area contributed by atoms with Gasteiger partial charge in [-0.05, 0) is 36.4 Å². The zero-order valence-electron chi connectivity index (χ0n) is 16.8. The summed E-state index contributed by atoms with van der Waals surface area (Å²) in [6, 6.07) is 8.41. The van der Waals surface area contributed by atoms with Crippen LogP contribution < -0.4 is 5.56 Å². The third-order valence-corrected chi connectivity index (χ3v) is 8.22. The summed E-state index contributed by atoms with van der Waals surface area (Å²) in [5, 5.41) is 2.36. The van der Waals surface area contributed by atoms with Gasteiger partial charge in [0.25, 0.3) is 5.56 Å². The minimum absolute atomic E-state index is 0.0776. The van der Waals surface area contributed by atoms with Crippen LogP contribution in [0.3, 0.4) is 0 Å². The molecule has 4 heterocycles. The number of nitrogens with one attached hydrogen (secondary N) is 1. The van der Waals surface area contributed by atoms with Crippen LogP contribution in [0.1, 0.15) is 5.82 Å². The summed E-state index contributed by atoms with van der Waals surface area (Å²) in [5.74, 6) is 0.675. The zero-order valence-corrected chi connectivity index (χ0v) is 18.5. The first-order valence-corrected chi connectivity index (χ1v) is 12.3. The van der Waals surface area contributed by atoms with E-state index in [9.17, 15) is 17.6 Å². The van der Waals surface area contributed by atoms with Gasteiger partial charge in [0.2, 0.25) is 10.0 Å². The fourth-order valence-electron chi connectivity index (χ4n) is 3.78. The maximum Gasteiger partial charge on any atom is 0.260 e. The molecule has 0 saturated carbocycles. The first kappa shape index (κ1) is 21.0. The monoisotopic (exact) mass is 474 g/mol. The van der Waals surface area contributed by atoms with Crippen LogP contribution in [0.2, 0.25) is 0 Å². The van der Waals surface area contributed by atoms with E-state index in [4.69, 9.17) is 4.42 Å². The second-order valence-electron chi connectivity index (χ2n) is 7.45. The molecule has 0 spiro atoms. The molecule has 166 valence electrons. The van der Waals surface area contributed by atoms with E-state index >= 15 is 0 Å². The maximum absolute atomic E-state index is 13.1. The first-order valence-electron chi connectivity index (χ1n) is 9.94. The van der Waals surface area contributed by atoms with Crippen LogP contribution in [-0.2, 0) is 16.6 Å². The van der Waals surface area contributed by atoms with Crippen molar-refractivity contribution in [3.8, 4) is 11.3 Å². The van der Waals surface area contributed by atoms with Crippen LogP contribution in [0, 0.1) is 5.82 Å². The Morgan fingerprint density at radius 3 is 2.56 bits per heavy atom. The summed E-state index contributed by atoms with van der Waals surface area (Å²) < 4.78 is 45.5. The van der Waals surface area contributed by atoms with Gasteiger partial charge in [0.1, 0.15) is 22.2 Å². The van der Waals surface area contributed by atoms with E-state index in [1.165, 1.54) is 27.8 Å². The van der Waals surface area contributed by atoms with Crippen LogP contribution in [-0.4, -0.2) is 53.8 Å². The Balaban J connectivity index is 1.29. The van der Waals surface area contributed by atoms with E-state index in [0.29, 0.717) is 54.5 Å². The second kappa shape index (κ2) is 8.24. The van der Waals surface area contributed by atoms with E-state index in [1.807, 2.05) is 10.3 Å². The van der Waals surface area contributed by atoms with E-state index in [1.54, 1.807) is 18.4 Å². The molecule has 5 rings (SSSR count). The molecule has 4 aromatic rings. The van der Waals surface area contributed by atoms with Gasteiger partial charge < -0.3 is 9.40 Å². The van der Waals surface area contributed by atoms with Crippen molar-refractivity contribution in [1.82, 2.24) is 19.2 Å². The van der Waals surface area contributed by atoms with Gasteiger partial charge in [0.15, 0.2) is 0 Å². The minimum atomic E-state index is -3.67. The second-order valence-corrected chi connectivity index (χ2v) is 10.2. The molecule has 3 aromatic heterocycles. The number of aromatic nitrogens is 2. The molecule has 1 aliphatic rings. The molecule has 1 N–H and O–H groups in total. The van der Waals surface area contributed by atoms with Gasteiger partial charge in [-0.3, -0.25) is 9.69 Å². The van der Waals surface area contributed by atoms with Crippen molar-refractivity contribution in [3.63, 3.8) is 0 Å². The van der Waals surface area contributed by atoms with Crippen LogP contribution in [0.5, 0.6) is 0 Å². The molecule has 11 heteroatoms. The average Bonchev–Trinajstić information content (AvgIpc) is 3.44. The van der Waals surface area contributed by atoms with Gasteiger partial charge in [0, 0.05) is 37.1 Å². The van der Waals surface area contributed by atoms with Crippen LogP contribution in [0.4, 0.5) is 4.39 Å². The van der Waals surface area contributed by atoms with Crippen LogP contribution in [0.15, 0.2) is 62.1 Å². The predicted molar refractivity (Wildman–Crippen MR) is 118 cm³/mol. The molecule has 1 saturated heterocycles. The number of nitrogens with zero attached hydrogens (tertiary/aromatic N) is 3. The molecule has 0 atom stereocenters. The fourth-order valence-corrected chi connectivity index (χ4v) is 6.15. The van der Waals surface area contributed by atoms with E-state index in [-0.39, 0.29) is 10.5 Å². The van der Waals surface area contributed by atoms with Crippen molar-refractivity contribution < 1.29 is 17.2 Å². The van der Waals surface area contributed by atoms with Crippen LogP contribution in [0.25, 0.3) is 21.5 Å². The van der Waals surface area contributed by atoms with Crippen LogP contribution >= 0.6 is 11.3 Å². The topological polar surface area (TPSA) is 99.5 Å². The van der Waals surface area contributed by atoms with E-state index < -0.39 is 15.8 Å². The van der Waals surface area contributed by atoms with Gasteiger partial charge in [-0.25, -0.2) is 17.8 Å². The number of hydrogen-bond acceptors (Lipinski definition) is 7. The predicted octanol–water partition coefficient (Wildman–Crippen LogP) is 2.89. The van der Waals surface area contributed by atoms with E-state index in [2.05, 4.69) is 9.97 Å². The standard InChI is InChI=1S/C21H19FN4O4S2/c22-14-3-5-15(6-4-14)32(28,29)26-9-7-25(8-10-26)12-18-23-20(27)19-16(13-31-21(19)24-18)17-2-1-11-30-17/h1-6,11,13H,7-10,12H2,(H,23,24,27). The largest absolute Gasteiger partial charge is 0.464 e. The summed E-state index contributed by atoms with van der Waals surface area (Å²) in [6.45, 7) is 1.99. The third-order valence-electron chi connectivity index (χ3n) is 5.44. The quantitative estimate of drug-likeness (QED) is 0.478. The summed E-state index contributed by atoms with van der Waals surface area (Å²) >= 11 is 1.38. The number of sulfonamides is 1. The SMILES string of the molecule is O=c1[nH]c(CN2CCN(S(=O)(=O)c3ccc(F)cc3)CC2)nc2scc(-c3ccco3)c12. The highest BCUT2D eigenvalue weighted by atomic mass is 32.2. The summed E-state index contributed by atoms with van der Waals surface area (Å²) in [6.07, 6.45) is 1.56. The van der Waals surface area contributed by atoms with Gasteiger partial charge in [-0.15, -0.1) is 11.3 Å². The summed E-state index contributed by atoms with van der Waals surface area (Å²) in [7, 11) is -3.67. The van der Waals surface area contributed by atoms with Crippen molar-refractivity contribution in [1.29, 1.82) is 0 Å². The normalized spacial score (nSPS) is 16.0. The number of halogens is 1. The average molecular weight is 475 g/mol. The number of benzene rings is 1. The summed E-state index contributed by atoms with van der Waals surface area (Å²) in [5.41, 5.74) is 0.491. The molecular weight excluding hydrogens is 455 g/mol. The third kappa shape index (κ3) is 3.88. The van der Waals surface area contributed by atoms with Gasteiger partial charge in [-0.1, -0.05) is 0 Å². The number of fused-ring (bicyclic) bond motifs is 1. The number of furan rings is 1. The van der Waals surface area contributed by atoms with Gasteiger partial charge in [-0.2, -0.15) is 4.31 Å². The van der Waals surface area contributed by atoms with Gasteiger partial charge >= 0.3 is 0 Å². The molecule has 1 fully saturated rings. The number of piperazine rings is 1. The molecule has 0 amide bonds. The van der Waals surface area contributed by atoms with Crippen molar-refractivity contribution >= 4 is 31.6 Å². The molecule has 0 aliphatic carbocycles. The number of thiophene rings is 1. The molecule has 1 aliphatic heterocycles. The smallest absolute Gasteiger partial charge is 0.260 e. The molecule has 8 nitrogen and oxygen atoms in total. The Morgan fingerprint density at radius 1 is 1.12 bits per heavy atom. The fraction of sp³-hybridized carbons (Fsp3) is 0.238. The number of rotatable bonds is 5. The Morgan fingerprint density at radius 2 is 1.88 bits per heavy atom. The highest BCUT2D eigenvalue weighted by Crippen LogP contribution is 2.31. The minimum Gasteiger partial charge on any atom is -0.464 e. The van der Waals surface area contributed by atoms with Crippen molar-refractivity contribution in [2.75, 3.05) is 26.2 Å². The van der Waals surface area contributed by atoms with Crippen molar-refractivity contribution in [3.05, 3.63) is 70.0 Å². The summed E-state index contributed by atoms with van der Waals surface area (Å²) in [4.78, 5) is 22.9. The highest BCUT2D eigenvalue weighted by Gasteiger charge is 2.29. The highest BCUT2D eigenvalue weighted by molar-refractivity contribution is 7.89. The van der Waals surface area contributed by atoms with E-state index in [0.717, 1.165) is 17.7 Å². The molecule has 0 radical (unpaired) electrons. The Bertz CT molecular complexity index is 1400. The van der Waals surface area contributed by atoms with Gasteiger partial charge in [0.05, 0.1) is 23.1 Å². The Hall–Kier alpha value is -2.86. The Labute approximate surface area is 187 Å². The number of aromatic amines is 1. The number of H-pyrrole nitrogens is 1. The maximum atomic E-state index is 13.1. The molecule has 0 unspecified atom stereocenters. The lowest BCUT2D eigenvalue weighted by atomic mass is 10.2. The lowest BCUT2D eigenvalue weighted by molar-refractivity contribution is 0.178.